The van der Waals surface area contributed by atoms with Gasteiger partial charge in [0.25, 0.3) is 12.4 Å². The van der Waals surface area contributed by atoms with Crippen LogP contribution in [0.3, 0.4) is 0 Å². The van der Waals surface area contributed by atoms with Crippen molar-refractivity contribution in [3.63, 3.8) is 0 Å². The third-order valence-corrected chi connectivity index (χ3v) is 1.86. The van der Waals surface area contributed by atoms with Gasteiger partial charge in [-0.25, -0.2) is 0 Å². The van der Waals surface area contributed by atoms with Gasteiger partial charge in [0.2, 0.25) is 0 Å². The summed E-state index contributed by atoms with van der Waals surface area (Å²) in [6.07, 6.45) is 0.771. The van der Waals surface area contributed by atoms with Crippen molar-refractivity contribution in [2.45, 2.75) is 6.42 Å². The minimum atomic E-state index is -0.280. The van der Waals surface area contributed by atoms with E-state index in [9.17, 15) is 9.59 Å². The number of hydrogen-bond donors (Lipinski definition) is 1. The van der Waals surface area contributed by atoms with E-state index in [0.717, 1.165) is 12.0 Å². The Hall–Kier alpha value is -1.84. The normalized spacial score (nSPS) is 9.33. The first-order valence-corrected chi connectivity index (χ1v) is 4.69. The number of benzene rings is 1. The number of rotatable bonds is 6. The highest BCUT2D eigenvalue weighted by atomic mass is 16.5. The Morgan fingerprint density at radius 2 is 2.07 bits per heavy atom. The fraction of sp³-hybridized carbons (Fsp3) is 0.273. The van der Waals surface area contributed by atoms with Gasteiger partial charge in [-0.2, -0.15) is 0 Å². The molecule has 0 heterocycles. The molecule has 0 saturated carbocycles. The van der Waals surface area contributed by atoms with E-state index in [1.54, 1.807) is 0 Å². The Morgan fingerprint density at radius 1 is 1.33 bits per heavy atom. The minimum absolute atomic E-state index is 0.210. The monoisotopic (exact) mass is 207 g/mol. The van der Waals surface area contributed by atoms with Gasteiger partial charge in [-0.1, -0.05) is 30.3 Å². The molecule has 1 amide bonds. The highest BCUT2D eigenvalue weighted by molar-refractivity contribution is 5.77. The van der Waals surface area contributed by atoms with Gasteiger partial charge < -0.3 is 10.1 Å². The predicted molar refractivity (Wildman–Crippen MR) is 55.2 cm³/mol. The molecule has 0 fully saturated rings. The molecule has 0 aliphatic rings. The largest absolute Gasteiger partial charge is 0.458 e. The van der Waals surface area contributed by atoms with Crippen molar-refractivity contribution in [1.82, 2.24) is 5.32 Å². The molecule has 4 heteroatoms. The van der Waals surface area contributed by atoms with Crippen LogP contribution in [0.5, 0.6) is 0 Å². The second kappa shape index (κ2) is 6.59. The second-order valence-electron chi connectivity index (χ2n) is 2.99. The zero-order valence-corrected chi connectivity index (χ0v) is 8.31. The molecule has 0 aromatic heterocycles. The maximum atomic E-state index is 11.0. The minimum Gasteiger partial charge on any atom is -0.458 e. The first-order chi connectivity index (χ1) is 7.33. The van der Waals surface area contributed by atoms with Gasteiger partial charge in [0, 0.05) is 6.54 Å². The number of carbonyl (C=O) groups is 2. The van der Waals surface area contributed by atoms with Crippen LogP contribution in [0.15, 0.2) is 30.3 Å². The van der Waals surface area contributed by atoms with E-state index in [0.29, 0.717) is 6.54 Å². The molecule has 1 aromatic carbocycles. The standard InChI is InChI=1S/C11H13NO3/c13-9-15-8-11(14)12-7-6-10-4-2-1-3-5-10/h1-5,9H,6-8H2,(H,12,14). The van der Waals surface area contributed by atoms with Gasteiger partial charge in [0.1, 0.15) is 0 Å². The Morgan fingerprint density at radius 3 is 2.73 bits per heavy atom. The van der Waals surface area contributed by atoms with Crippen LogP contribution in [0, 0.1) is 0 Å². The maximum Gasteiger partial charge on any atom is 0.293 e. The zero-order valence-electron chi connectivity index (χ0n) is 8.31. The second-order valence-corrected chi connectivity index (χ2v) is 2.99. The summed E-state index contributed by atoms with van der Waals surface area (Å²) in [4.78, 5) is 20.8. The fourth-order valence-electron chi connectivity index (χ4n) is 1.15. The molecule has 0 radical (unpaired) electrons. The average molecular weight is 207 g/mol. The van der Waals surface area contributed by atoms with E-state index in [-0.39, 0.29) is 19.0 Å². The molecule has 0 spiro atoms. The molecular formula is C11H13NO3. The Bertz CT molecular complexity index is 311. The van der Waals surface area contributed by atoms with Crippen molar-refractivity contribution in [3.05, 3.63) is 35.9 Å². The van der Waals surface area contributed by atoms with Gasteiger partial charge in [0.15, 0.2) is 6.61 Å². The molecule has 80 valence electrons. The molecule has 0 aliphatic carbocycles. The Balaban J connectivity index is 2.16. The van der Waals surface area contributed by atoms with Crippen molar-refractivity contribution >= 4 is 12.4 Å². The number of carbonyl (C=O) groups excluding carboxylic acids is 2. The number of hydrogen-bond acceptors (Lipinski definition) is 3. The van der Waals surface area contributed by atoms with Gasteiger partial charge in [-0.15, -0.1) is 0 Å². The number of nitrogens with one attached hydrogen (secondary N) is 1. The third-order valence-electron chi connectivity index (χ3n) is 1.86. The predicted octanol–water partition coefficient (Wildman–Crippen LogP) is 0.518. The SMILES string of the molecule is O=COCC(=O)NCCc1ccccc1. The van der Waals surface area contributed by atoms with Crippen LogP contribution in [-0.2, 0) is 20.7 Å². The van der Waals surface area contributed by atoms with E-state index in [1.807, 2.05) is 30.3 Å². The molecule has 15 heavy (non-hydrogen) atoms. The summed E-state index contributed by atoms with van der Waals surface area (Å²) in [6.45, 7) is 0.597. The molecule has 1 rings (SSSR count). The van der Waals surface area contributed by atoms with Crippen LogP contribution in [0.1, 0.15) is 5.56 Å². The van der Waals surface area contributed by atoms with Crippen LogP contribution in [0.2, 0.25) is 0 Å². The van der Waals surface area contributed by atoms with Crippen LogP contribution >= 0.6 is 0 Å². The molecule has 0 saturated heterocycles. The topological polar surface area (TPSA) is 55.4 Å². The van der Waals surface area contributed by atoms with Gasteiger partial charge in [0.05, 0.1) is 0 Å². The molecule has 0 aliphatic heterocycles. The fourth-order valence-corrected chi connectivity index (χ4v) is 1.15. The van der Waals surface area contributed by atoms with Crippen LogP contribution in [0.25, 0.3) is 0 Å². The molecule has 4 nitrogen and oxygen atoms in total. The molecule has 0 atom stereocenters. The van der Waals surface area contributed by atoms with Crippen LogP contribution in [0.4, 0.5) is 0 Å². The van der Waals surface area contributed by atoms with E-state index >= 15 is 0 Å². The van der Waals surface area contributed by atoms with E-state index in [1.165, 1.54) is 0 Å². The van der Waals surface area contributed by atoms with Gasteiger partial charge in [-0.3, -0.25) is 9.59 Å². The highest BCUT2D eigenvalue weighted by Crippen LogP contribution is 1.97. The summed E-state index contributed by atoms with van der Waals surface area (Å²) in [7, 11) is 0. The first kappa shape index (κ1) is 11.2. The molecule has 0 unspecified atom stereocenters. The highest BCUT2D eigenvalue weighted by Gasteiger charge is 1.99. The van der Waals surface area contributed by atoms with Crippen LogP contribution in [-0.4, -0.2) is 25.5 Å². The molecular weight excluding hydrogens is 194 g/mol. The Kier molecular flexibility index (Phi) is 4.94. The summed E-state index contributed by atoms with van der Waals surface area (Å²) >= 11 is 0. The summed E-state index contributed by atoms with van der Waals surface area (Å²) in [5.41, 5.74) is 1.16. The number of ether oxygens (including phenoxy) is 1. The summed E-state index contributed by atoms with van der Waals surface area (Å²) in [6, 6.07) is 9.83. The van der Waals surface area contributed by atoms with E-state index < -0.39 is 0 Å². The summed E-state index contributed by atoms with van der Waals surface area (Å²) in [5, 5.41) is 2.64. The molecule has 0 bridgehead atoms. The Labute approximate surface area is 88.2 Å². The molecule has 1 aromatic rings. The number of amides is 1. The quantitative estimate of drug-likeness (QED) is 0.692. The van der Waals surface area contributed by atoms with Crippen molar-refractivity contribution in [2.24, 2.45) is 0 Å². The van der Waals surface area contributed by atoms with E-state index in [4.69, 9.17) is 0 Å². The first-order valence-electron chi connectivity index (χ1n) is 4.69. The summed E-state index contributed by atoms with van der Waals surface area (Å²) in [5.74, 6) is -0.280. The van der Waals surface area contributed by atoms with Gasteiger partial charge in [-0.05, 0) is 12.0 Å². The lowest BCUT2D eigenvalue weighted by atomic mass is 10.1. The lowest BCUT2D eigenvalue weighted by Gasteiger charge is -2.03. The smallest absolute Gasteiger partial charge is 0.293 e. The third kappa shape index (κ3) is 4.81. The summed E-state index contributed by atoms with van der Waals surface area (Å²) < 4.78 is 4.31. The average Bonchev–Trinajstić information content (AvgIpc) is 2.28. The van der Waals surface area contributed by atoms with Gasteiger partial charge >= 0.3 is 0 Å². The zero-order chi connectivity index (χ0) is 10.9. The lowest BCUT2D eigenvalue weighted by Crippen LogP contribution is -2.29. The molecule has 1 N–H and O–H groups in total. The van der Waals surface area contributed by atoms with Crippen molar-refractivity contribution in [3.8, 4) is 0 Å². The lowest BCUT2D eigenvalue weighted by molar-refractivity contribution is -0.137. The maximum absolute atomic E-state index is 11.0. The van der Waals surface area contributed by atoms with E-state index in [2.05, 4.69) is 10.1 Å². The van der Waals surface area contributed by atoms with Crippen LogP contribution < -0.4 is 5.32 Å². The van der Waals surface area contributed by atoms with Crippen molar-refractivity contribution in [1.29, 1.82) is 0 Å². The van der Waals surface area contributed by atoms with Crippen molar-refractivity contribution in [2.75, 3.05) is 13.2 Å². The van der Waals surface area contributed by atoms with Crippen molar-refractivity contribution < 1.29 is 14.3 Å².